The molecule has 1 saturated carbocycles. The zero-order valence-electron chi connectivity index (χ0n) is 8.98. The minimum absolute atomic E-state index is 0.192. The first-order valence-corrected chi connectivity index (χ1v) is 5.08. The standard InChI is InChI=1S/C10H22N2O/c1-9(2,3)12-10(4-5-10)8-11-6-7-13/h11-13H,4-8H2,1-3H3. The Balaban J connectivity index is 2.23. The van der Waals surface area contributed by atoms with Gasteiger partial charge in [-0.1, -0.05) is 0 Å². The predicted molar refractivity (Wildman–Crippen MR) is 54.8 cm³/mol. The molecular formula is C10H22N2O. The van der Waals surface area contributed by atoms with E-state index < -0.39 is 0 Å². The molecule has 1 rings (SSSR count). The molecule has 78 valence electrons. The van der Waals surface area contributed by atoms with Crippen LogP contribution in [0, 0.1) is 0 Å². The van der Waals surface area contributed by atoms with Crippen LogP contribution < -0.4 is 10.6 Å². The van der Waals surface area contributed by atoms with Crippen LogP contribution in [-0.2, 0) is 0 Å². The van der Waals surface area contributed by atoms with Crippen LogP contribution in [0.5, 0.6) is 0 Å². The first kappa shape index (κ1) is 11.0. The van der Waals surface area contributed by atoms with Crippen molar-refractivity contribution in [2.24, 2.45) is 0 Å². The first-order chi connectivity index (χ1) is 5.97. The van der Waals surface area contributed by atoms with Crippen LogP contribution in [0.25, 0.3) is 0 Å². The van der Waals surface area contributed by atoms with Crippen LogP contribution >= 0.6 is 0 Å². The zero-order valence-corrected chi connectivity index (χ0v) is 8.98. The van der Waals surface area contributed by atoms with Crippen molar-refractivity contribution in [1.82, 2.24) is 10.6 Å². The highest BCUT2D eigenvalue weighted by atomic mass is 16.3. The fourth-order valence-corrected chi connectivity index (χ4v) is 1.70. The van der Waals surface area contributed by atoms with E-state index in [-0.39, 0.29) is 12.1 Å². The van der Waals surface area contributed by atoms with Crippen LogP contribution in [0.1, 0.15) is 33.6 Å². The normalized spacial score (nSPS) is 20.3. The summed E-state index contributed by atoms with van der Waals surface area (Å²) in [6, 6.07) is 0. The summed E-state index contributed by atoms with van der Waals surface area (Å²) in [5.74, 6) is 0. The second-order valence-corrected chi connectivity index (χ2v) is 5.06. The van der Waals surface area contributed by atoms with Crippen molar-refractivity contribution in [2.75, 3.05) is 19.7 Å². The minimum atomic E-state index is 0.192. The average Bonchev–Trinajstić information content (AvgIpc) is 2.66. The molecule has 1 aliphatic rings. The van der Waals surface area contributed by atoms with E-state index in [2.05, 4.69) is 31.4 Å². The van der Waals surface area contributed by atoms with Gasteiger partial charge in [0.2, 0.25) is 0 Å². The lowest BCUT2D eigenvalue weighted by atomic mass is 10.1. The first-order valence-electron chi connectivity index (χ1n) is 5.08. The van der Waals surface area contributed by atoms with Gasteiger partial charge >= 0.3 is 0 Å². The number of hydrogen-bond donors (Lipinski definition) is 3. The third-order valence-corrected chi connectivity index (χ3v) is 2.25. The lowest BCUT2D eigenvalue weighted by Gasteiger charge is -2.28. The number of hydrogen-bond acceptors (Lipinski definition) is 3. The van der Waals surface area contributed by atoms with Gasteiger partial charge in [0.1, 0.15) is 0 Å². The van der Waals surface area contributed by atoms with E-state index in [1.165, 1.54) is 12.8 Å². The Morgan fingerprint density at radius 2 is 1.92 bits per heavy atom. The van der Waals surface area contributed by atoms with Gasteiger partial charge in [0.25, 0.3) is 0 Å². The molecule has 0 saturated heterocycles. The van der Waals surface area contributed by atoms with Gasteiger partial charge in [0.15, 0.2) is 0 Å². The largest absolute Gasteiger partial charge is 0.395 e. The van der Waals surface area contributed by atoms with Gasteiger partial charge in [-0.15, -0.1) is 0 Å². The van der Waals surface area contributed by atoms with Crippen molar-refractivity contribution in [3.05, 3.63) is 0 Å². The molecular weight excluding hydrogens is 164 g/mol. The summed E-state index contributed by atoms with van der Waals surface area (Å²) >= 11 is 0. The van der Waals surface area contributed by atoms with Crippen molar-refractivity contribution in [3.8, 4) is 0 Å². The highest BCUT2D eigenvalue weighted by Crippen LogP contribution is 2.36. The molecule has 3 nitrogen and oxygen atoms in total. The molecule has 3 heteroatoms. The Labute approximate surface area is 80.9 Å². The second kappa shape index (κ2) is 3.95. The van der Waals surface area contributed by atoms with Crippen LogP contribution in [-0.4, -0.2) is 35.9 Å². The highest BCUT2D eigenvalue weighted by Gasteiger charge is 2.44. The van der Waals surface area contributed by atoms with Crippen LogP contribution in [0.3, 0.4) is 0 Å². The molecule has 1 fully saturated rings. The van der Waals surface area contributed by atoms with E-state index in [0.717, 1.165) is 6.54 Å². The van der Waals surface area contributed by atoms with E-state index in [1.54, 1.807) is 0 Å². The lowest BCUT2D eigenvalue weighted by Crippen LogP contribution is -2.50. The van der Waals surface area contributed by atoms with Gasteiger partial charge in [-0.25, -0.2) is 0 Å². The van der Waals surface area contributed by atoms with Crippen LogP contribution in [0.4, 0.5) is 0 Å². The van der Waals surface area contributed by atoms with Crippen LogP contribution in [0.2, 0.25) is 0 Å². The molecule has 0 heterocycles. The summed E-state index contributed by atoms with van der Waals surface area (Å²) in [4.78, 5) is 0. The Bertz CT molecular complexity index is 159. The maximum Gasteiger partial charge on any atom is 0.0555 e. The molecule has 0 aliphatic heterocycles. The van der Waals surface area contributed by atoms with E-state index in [0.29, 0.717) is 12.1 Å². The summed E-state index contributed by atoms with van der Waals surface area (Å²) in [6.45, 7) is 8.49. The number of aliphatic hydroxyl groups excluding tert-OH is 1. The van der Waals surface area contributed by atoms with Crippen molar-refractivity contribution in [2.45, 2.75) is 44.7 Å². The molecule has 0 unspecified atom stereocenters. The van der Waals surface area contributed by atoms with Gasteiger partial charge in [-0.3, -0.25) is 0 Å². The molecule has 0 atom stereocenters. The third kappa shape index (κ3) is 4.07. The number of nitrogens with one attached hydrogen (secondary N) is 2. The summed E-state index contributed by atoms with van der Waals surface area (Å²) in [5.41, 5.74) is 0.505. The van der Waals surface area contributed by atoms with Gasteiger partial charge in [-0.2, -0.15) is 0 Å². The van der Waals surface area contributed by atoms with Crippen molar-refractivity contribution in [1.29, 1.82) is 0 Å². The smallest absolute Gasteiger partial charge is 0.0555 e. The van der Waals surface area contributed by atoms with E-state index >= 15 is 0 Å². The minimum Gasteiger partial charge on any atom is -0.395 e. The Hall–Kier alpha value is -0.120. The molecule has 0 radical (unpaired) electrons. The highest BCUT2D eigenvalue weighted by molar-refractivity contribution is 5.06. The monoisotopic (exact) mass is 186 g/mol. The maximum atomic E-state index is 8.63. The topological polar surface area (TPSA) is 44.3 Å². The Morgan fingerprint density at radius 3 is 2.31 bits per heavy atom. The summed E-state index contributed by atoms with van der Waals surface area (Å²) in [7, 11) is 0. The average molecular weight is 186 g/mol. The molecule has 13 heavy (non-hydrogen) atoms. The summed E-state index contributed by atoms with van der Waals surface area (Å²) < 4.78 is 0. The number of rotatable bonds is 5. The molecule has 0 aromatic heterocycles. The van der Waals surface area contributed by atoms with Crippen molar-refractivity contribution in [3.63, 3.8) is 0 Å². The molecule has 0 aromatic rings. The Kier molecular flexibility index (Phi) is 3.33. The fourth-order valence-electron chi connectivity index (χ4n) is 1.70. The van der Waals surface area contributed by atoms with Gasteiger partial charge < -0.3 is 15.7 Å². The van der Waals surface area contributed by atoms with E-state index in [1.807, 2.05) is 0 Å². The van der Waals surface area contributed by atoms with Crippen molar-refractivity contribution < 1.29 is 5.11 Å². The van der Waals surface area contributed by atoms with E-state index in [9.17, 15) is 0 Å². The third-order valence-electron chi connectivity index (χ3n) is 2.25. The van der Waals surface area contributed by atoms with Gasteiger partial charge in [-0.05, 0) is 33.6 Å². The quantitative estimate of drug-likeness (QED) is 0.548. The maximum absolute atomic E-state index is 8.63. The Morgan fingerprint density at radius 1 is 1.31 bits per heavy atom. The zero-order chi connectivity index (χ0) is 9.95. The van der Waals surface area contributed by atoms with Gasteiger partial charge in [0.05, 0.1) is 6.61 Å². The molecule has 1 aliphatic carbocycles. The fraction of sp³-hybridized carbons (Fsp3) is 1.00. The van der Waals surface area contributed by atoms with Crippen LogP contribution in [0.15, 0.2) is 0 Å². The molecule has 0 bridgehead atoms. The molecule has 0 aromatic carbocycles. The lowest BCUT2D eigenvalue weighted by molar-refractivity contribution is 0.280. The van der Waals surface area contributed by atoms with E-state index in [4.69, 9.17) is 5.11 Å². The molecule has 0 spiro atoms. The summed E-state index contributed by atoms with van der Waals surface area (Å²) in [5, 5.41) is 15.5. The SMILES string of the molecule is CC(C)(C)NC1(CNCCO)CC1. The molecule has 0 amide bonds. The van der Waals surface area contributed by atoms with Crippen molar-refractivity contribution >= 4 is 0 Å². The van der Waals surface area contributed by atoms with Gasteiger partial charge in [0, 0.05) is 24.2 Å². The molecule has 3 N–H and O–H groups in total. The number of aliphatic hydroxyl groups is 1. The second-order valence-electron chi connectivity index (χ2n) is 5.06. The predicted octanol–water partition coefficient (Wildman–Crippen LogP) is 0.489. The summed E-state index contributed by atoms with van der Waals surface area (Å²) in [6.07, 6.45) is 2.51.